The Morgan fingerprint density at radius 3 is 2.09 bits per heavy atom. The van der Waals surface area contributed by atoms with Gasteiger partial charge in [0.25, 0.3) is 10.0 Å². The van der Waals surface area contributed by atoms with Crippen LogP contribution < -0.4 is 20.1 Å². The van der Waals surface area contributed by atoms with Crippen LogP contribution in [0.5, 0.6) is 5.75 Å². The van der Waals surface area contributed by atoms with Crippen molar-refractivity contribution in [3.8, 4) is 5.75 Å². The van der Waals surface area contributed by atoms with Gasteiger partial charge in [-0.2, -0.15) is 4.98 Å². The fraction of sp³-hybridized carbons (Fsp3) is 0.120. The molecule has 0 atom stereocenters. The predicted octanol–water partition coefficient (Wildman–Crippen LogP) is 5.53. The lowest BCUT2D eigenvalue weighted by atomic mass is 10.2. The molecule has 4 aromatic rings. The van der Waals surface area contributed by atoms with Gasteiger partial charge in [-0.25, -0.2) is 17.8 Å². The van der Waals surface area contributed by atoms with Crippen molar-refractivity contribution >= 4 is 38.9 Å². The summed E-state index contributed by atoms with van der Waals surface area (Å²) in [6, 6.07) is 19.5. The fourth-order valence-corrected chi connectivity index (χ4v) is 4.67. The van der Waals surface area contributed by atoms with Crippen LogP contribution in [-0.4, -0.2) is 25.5 Å². The fourth-order valence-electron chi connectivity index (χ4n) is 3.39. The molecule has 180 valence electrons. The molecule has 0 unspecified atom stereocenters. The quantitative estimate of drug-likeness (QED) is 0.296. The van der Waals surface area contributed by atoms with Crippen LogP contribution >= 0.6 is 0 Å². The zero-order valence-electron chi connectivity index (χ0n) is 19.3. The largest absolute Gasteiger partial charge is 0.497 e. The van der Waals surface area contributed by atoms with E-state index in [-0.39, 0.29) is 4.90 Å². The molecule has 8 nitrogen and oxygen atoms in total. The number of aryl methyl sites for hydroxylation is 2. The number of nitrogens with zero attached hydrogens (tertiary/aromatic N) is 2. The number of hydrogen-bond acceptors (Lipinski definition) is 7. The van der Waals surface area contributed by atoms with Gasteiger partial charge in [0.1, 0.15) is 17.4 Å². The molecule has 10 heteroatoms. The van der Waals surface area contributed by atoms with Crippen molar-refractivity contribution in [2.75, 3.05) is 22.5 Å². The van der Waals surface area contributed by atoms with Crippen LogP contribution in [0.25, 0.3) is 0 Å². The summed E-state index contributed by atoms with van der Waals surface area (Å²) in [6.07, 6.45) is 0. The average molecular weight is 494 g/mol. The highest BCUT2D eigenvalue weighted by Gasteiger charge is 2.17. The van der Waals surface area contributed by atoms with Gasteiger partial charge in [0.05, 0.1) is 12.0 Å². The zero-order chi connectivity index (χ0) is 25.0. The monoisotopic (exact) mass is 493 g/mol. The first-order valence-electron chi connectivity index (χ1n) is 10.6. The number of aromatic nitrogens is 2. The van der Waals surface area contributed by atoms with Gasteiger partial charge in [0.15, 0.2) is 0 Å². The Kier molecular flexibility index (Phi) is 6.83. The summed E-state index contributed by atoms with van der Waals surface area (Å²) in [7, 11) is -2.24. The lowest BCUT2D eigenvalue weighted by Gasteiger charge is -2.12. The second kappa shape index (κ2) is 9.98. The van der Waals surface area contributed by atoms with E-state index in [4.69, 9.17) is 4.74 Å². The molecule has 3 N–H and O–H groups in total. The molecule has 0 saturated carbocycles. The second-order valence-corrected chi connectivity index (χ2v) is 9.44. The maximum absolute atomic E-state index is 13.3. The van der Waals surface area contributed by atoms with Gasteiger partial charge in [0, 0.05) is 28.8 Å². The standard InChI is InChI=1S/C25H24FN5O3S/c1-16-14-18(26)4-13-23(16)35(32,33)31-21-7-5-20(6-8-21)29-25-27-17(2)15-24(30-25)28-19-9-11-22(34-3)12-10-19/h4-15,31H,1-3H3,(H2,27,28,29,30). The highest BCUT2D eigenvalue weighted by atomic mass is 32.2. The van der Waals surface area contributed by atoms with E-state index in [0.29, 0.717) is 28.7 Å². The normalized spacial score (nSPS) is 11.1. The van der Waals surface area contributed by atoms with Crippen LogP contribution in [0.3, 0.4) is 0 Å². The van der Waals surface area contributed by atoms with Crippen LogP contribution in [0, 0.1) is 19.7 Å². The van der Waals surface area contributed by atoms with E-state index in [1.54, 1.807) is 38.3 Å². The molecular formula is C25H24FN5O3S. The Labute approximate surface area is 203 Å². The van der Waals surface area contributed by atoms with Gasteiger partial charge < -0.3 is 15.4 Å². The predicted molar refractivity (Wildman–Crippen MR) is 135 cm³/mol. The molecule has 0 aliphatic heterocycles. The maximum atomic E-state index is 13.3. The van der Waals surface area contributed by atoms with Crippen LogP contribution in [0.1, 0.15) is 11.3 Å². The lowest BCUT2D eigenvalue weighted by Crippen LogP contribution is -2.14. The summed E-state index contributed by atoms with van der Waals surface area (Å²) < 4.78 is 46.4. The molecule has 0 spiro atoms. The van der Waals surface area contributed by atoms with E-state index < -0.39 is 15.8 Å². The van der Waals surface area contributed by atoms with Gasteiger partial charge in [0.2, 0.25) is 5.95 Å². The van der Waals surface area contributed by atoms with Gasteiger partial charge in [-0.05, 0) is 86.1 Å². The molecule has 35 heavy (non-hydrogen) atoms. The summed E-state index contributed by atoms with van der Waals surface area (Å²) in [5.41, 5.74) is 2.98. The average Bonchev–Trinajstić information content (AvgIpc) is 2.80. The van der Waals surface area contributed by atoms with Crippen molar-refractivity contribution in [3.05, 3.63) is 89.9 Å². The smallest absolute Gasteiger partial charge is 0.262 e. The van der Waals surface area contributed by atoms with Crippen molar-refractivity contribution in [2.24, 2.45) is 0 Å². The van der Waals surface area contributed by atoms with Crippen molar-refractivity contribution < 1.29 is 17.5 Å². The van der Waals surface area contributed by atoms with E-state index in [1.807, 2.05) is 37.3 Å². The minimum atomic E-state index is -3.86. The number of halogens is 1. The molecule has 3 aromatic carbocycles. The van der Waals surface area contributed by atoms with Gasteiger partial charge >= 0.3 is 0 Å². The maximum Gasteiger partial charge on any atom is 0.262 e. The molecule has 4 rings (SSSR count). The highest BCUT2D eigenvalue weighted by molar-refractivity contribution is 7.92. The number of hydrogen-bond donors (Lipinski definition) is 3. The summed E-state index contributed by atoms with van der Waals surface area (Å²) >= 11 is 0. The van der Waals surface area contributed by atoms with Gasteiger partial charge in [-0.15, -0.1) is 0 Å². The van der Waals surface area contributed by atoms with E-state index in [0.717, 1.165) is 23.2 Å². The van der Waals surface area contributed by atoms with E-state index >= 15 is 0 Å². The summed E-state index contributed by atoms with van der Waals surface area (Å²) in [6.45, 7) is 3.41. The number of rotatable bonds is 8. The topological polar surface area (TPSA) is 105 Å². The Morgan fingerprint density at radius 2 is 1.43 bits per heavy atom. The lowest BCUT2D eigenvalue weighted by molar-refractivity contribution is 0.415. The number of sulfonamides is 1. The SMILES string of the molecule is COc1ccc(Nc2cc(C)nc(Nc3ccc(NS(=O)(=O)c4ccc(F)cc4C)cc3)n2)cc1. The summed E-state index contributed by atoms with van der Waals surface area (Å²) in [5, 5.41) is 6.36. The Balaban J connectivity index is 1.46. The molecule has 0 aliphatic rings. The van der Waals surface area contributed by atoms with Crippen LogP contribution in [0.4, 0.5) is 33.2 Å². The second-order valence-electron chi connectivity index (χ2n) is 7.79. The van der Waals surface area contributed by atoms with Crippen LogP contribution in [-0.2, 0) is 10.0 Å². The van der Waals surface area contributed by atoms with E-state index in [9.17, 15) is 12.8 Å². The molecule has 0 aliphatic carbocycles. The number of nitrogens with one attached hydrogen (secondary N) is 3. The molecule has 0 saturated heterocycles. The summed E-state index contributed by atoms with van der Waals surface area (Å²) in [4.78, 5) is 8.93. The van der Waals surface area contributed by atoms with Gasteiger partial charge in [-0.3, -0.25) is 4.72 Å². The third kappa shape index (κ3) is 6.04. The minimum absolute atomic E-state index is 0.0196. The van der Waals surface area contributed by atoms with Crippen LogP contribution in [0.15, 0.2) is 77.7 Å². The number of ether oxygens (including phenoxy) is 1. The number of benzene rings is 3. The van der Waals surface area contributed by atoms with Gasteiger partial charge in [-0.1, -0.05) is 0 Å². The van der Waals surface area contributed by atoms with Crippen molar-refractivity contribution in [3.63, 3.8) is 0 Å². The highest BCUT2D eigenvalue weighted by Crippen LogP contribution is 2.24. The molecule has 0 radical (unpaired) electrons. The molecule has 1 aromatic heterocycles. The third-order valence-corrected chi connectivity index (χ3v) is 6.58. The van der Waals surface area contributed by atoms with Crippen molar-refractivity contribution in [1.29, 1.82) is 0 Å². The van der Waals surface area contributed by atoms with Crippen molar-refractivity contribution in [2.45, 2.75) is 18.7 Å². The van der Waals surface area contributed by atoms with E-state index in [1.165, 1.54) is 12.1 Å². The Bertz CT molecular complexity index is 1440. The summed E-state index contributed by atoms with van der Waals surface area (Å²) in [5.74, 6) is 1.27. The molecular weight excluding hydrogens is 469 g/mol. The Hall–Kier alpha value is -4.18. The molecule has 0 bridgehead atoms. The first kappa shape index (κ1) is 24.0. The third-order valence-electron chi connectivity index (χ3n) is 5.04. The van der Waals surface area contributed by atoms with E-state index in [2.05, 4.69) is 25.3 Å². The molecule has 1 heterocycles. The molecule has 0 fully saturated rings. The molecule has 0 amide bonds. The van der Waals surface area contributed by atoms with Crippen LogP contribution in [0.2, 0.25) is 0 Å². The zero-order valence-corrected chi connectivity index (χ0v) is 20.2. The number of methoxy groups -OCH3 is 1. The first-order valence-corrected chi connectivity index (χ1v) is 12.1. The minimum Gasteiger partial charge on any atom is -0.497 e. The first-order chi connectivity index (χ1) is 16.7. The number of anilines is 5. The van der Waals surface area contributed by atoms with Crippen molar-refractivity contribution in [1.82, 2.24) is 9.97 Å². The Morgan fingerprint density at radius 1 is 0.800 bits per heavy atom.